The van der Waals surface area contributed by atoms with Gasteiger partial charge in [0.2, 0.25) is 5.78 Å². The van der Waals surface area contributed by atoms with Gasteiger partial charge < -0.3 is 5.11 Å². The first-order valence-corrected chi connectivity index (χ1v) is 6.79. The van der Waals surface area contributed by atoms with E-state index >= 15 is 0 Å². The van der Waals surface area contributed by atoms with Gasteiger partial charge in [-0.2, -0.15) is 0 Å². The van der Waals surface area contributed by atoms with E-state index in [0.717, 1.165) is 42.4 Å². The average Bonchev–Trinajstić information content (AvgIpc) is 2.72. The van der Waals surface area contributed by atoms with Crippen LogP contribution in [0.3, 0.4) is 0 Å². The minimum atomic E-state index is 0.184. The fraction of sp³-hybridized carbons (Fsp3) is 0.571. The molecule has 0 aliphatic carbocycles. The first-order chi connectivity index (χ1) is 9.13. The van der Waals surface area contributed by atoms with Gasteiger partial charge in [0.15, 0.2) is 0 Å². The quantitative estimate of drug-likeness (QED) is 0.858. The average molecular weight is 262 g/mol. The normalized spacial score (nSPS) is 11.6. The van der Waals surface area contributed by atoms with E-state index in [1.54, 1.807) is 0 Å². The molecule has 0 aliphatic rings. The zero-order valence-electron chi connectivity index (χ0n) is 11.9. The van der Waals surface area contributed by atoms with E-state index in [1.807, 2.05) is 17.5 Å². The molecular formula is C14H22N4O. The van der Waals surface area contributed by atoms with Gasteiger partial charge in [-0.3, -0.25) is 9.30 Å². The third-order valence-corrected chi connectivity index (χ3v) is 3.15. The molecule has 0 radical (unpaired) electrons. The van der Waals surface area contributed by atoms with Crippen LogP contribution >= 0.6 is 0 Å². The van der Waals surface area contributed by atoms with Gasteiger partial charge in [0.05, 0.1) is 12.3 Å². The molecule has 0 amide bonds. The van der Waals surface area contributed by atoms with Gasteiger partial charge in [-0.05, 0) is 32.9 Å². The summed E-state index contributed by atoms with van der Waals surface area (Å²) >= 11 is 0. The second-order valence-corrected chi connectivity index (χ2v) is 4.94. The van der Waals surface area contributed by atoms with Crippen LogP contribution in [0.5, 0.6) is 0 Å². The maximum absolute atomic E-state index is 9.08. The molecule has 0 aromatic carbocycles. The maximum Gasteiger partial charge on any atom is 0.234 e. The predicted octanol–water partition coefficient (Wildman–Crippen LogP) is 1.55. The van der Waals surface area contributed by atoms with Crippen LogP contribution in [-0.2, 0) is 6.54 Å². The van der Waals surface area contributed by atoms with Crippen molar-refractivity contribution in [2.45, 2.75) is 33.7 Å². The number of rotatable bonds is 6. The van der Waals surface area contributed by atoms with Gasteiger partial charge in [0.1, 0.15) is 0 Å². The lowest BCUT2D eigenvalue weighted by Crippen LogP contribution is -2.27. The molecule has 2 heterocycles. The number of aryl methyl sites for hydroxylation is 2. The predicted molar refractivity (Wildman–Crippen MR) is 75.1 cm³/mol. The van der Waals surface area contributed by atoms with Gasteiger partial charge in [-0.25, -0.2) is 9.97 Å². The Balaban J connectivity index is 2.23. The van der Waals surface area contributed by atoms with Gasteiger partial charge >= 0.3 is 0 Å². The minimum Gasteiger partial charge on any atom is -0.395 e. The molecule has 0 fully saturated rings. The van der Waals surface area contributed by atoms with Crippen LogP contribution in [0.4, 0.5) is 0 Å². The van der Waals surface area contributed by atoms with Crippen LogP contribution in [0.25, 0.3) is 5.78 Å². The van der Waals surface area contributed by atoms with Crippen LogP contribution in [0.1, 0.15) is 30.4 Å². The molecule has 2 rings (SSSR count). The van der Waals surface area contributed by atoms with Gasteiger partial charge in [-0.15, -0.1) is 0 Å². The molecule has 0 spiro atoms. The van der Waals surface area contributed by atoms with E-state index < -0.39 is 0 Å². The van der Waals surface area contributed by atoms with Crippen LogP contribution < -0.4 is 0 Å². The molecule has 104 valence electrons. The van der Waals surface area contributed by atoms with Gasteiger partial charge in [0.25, 0.3) is 0 Å². The first kappa shape index (κ1) is 14.0. The Morgan fingerprint density at radius 1 is 1.26 bits per heavy atom. The highest BCUT2D eigenvalue weighted by molar-refractivity contribution is 5.34. The van der Waals surface area contributed by atoms with E-state index in [4.69, 9.17) is 5.11 Å². The largest absolute Gasteiger partial charge is 0.395 e. The summed E-state index contributed by atoms with van der Waals surface area (Å²) < 4.78 is 2.02. The lowest BCUT2D eigenvalue weighted by Gasteiger charge is -2.18. The Bertz CT molecular complexity index is 544. The fourth-order valence-electron chi connectivity index (χ4n) is 2.35. The van der Waals surface area contributed by atoms with Crippen molar-refractivity contribution in [2.75, 3.05) is 19.7 Å². The summed E-state index contributed by atoms with van der Waals surface area (Å²) in [5.41, 5.74) is 3.14. The van der Waals surface area contributed by atoms with Crippen molar-refractivity contribution in [1.82, 2.24) is 19.3 Å². The number of aromatic nitrogens is 3. The Kier molecular flexibility index (Phi) is 4.50. The summed E-state index contributed by atoms with van der Waals surface area (Å²) in [6, 6.07) is 2.05. The van der Waals surface area contributed by atoms with Crippen LogP contribution in [0.2, 0.25) is 0 Å². The number of hydrogen-bond donors (Lipinski definition) is 1. The summed E-state index contributed by atoms with van der Waals surface area (Å²) in [4.78, 5) is 11.2. The zero-order chi connectivity index (χ0) is 13.8. The topological polar surface area (TPSA) is 53.7 Å². The number of imidazole rings is 1. The Hall–Kier alpha value is -1.46. The van der Waals surface area contributed by atoms with Gasteiger partial charge in [0, 0.05) is 30.7 Å². The van der Waals surface area contributed by atoms with Crippen LogP contribution in [0.15, 0.2) is 12.3 Å². The van der Waals surface area contributed by atoms with Crippen LogP contribution in [-0.4, -0.2) is 44.1 Å². The second kappa shape index (κ2) is 6.12. The number of aliphatic hydroxyl groups excluding tert-OH is 1. The lowest BCUT2D eigenvalue weighted by molar-refractivity contribution is 0.189. The minimum absolute atomic E-state index is 0.184. The summed E-state index contributed by atoms with van der Waals surface area (Å²) in [5.74, 6) is 0.757. The molecule has 1 N–H and O–H groups in total. The Morgan fingerprint density at radius 3 is 2.74 bits per heavy atom. The highest BCUT2D eigenvalue weighted by Crippen LogP contribution is 2.10. The standard InChI is InChI=1S/C14H22N4O/c1-4-5-17(6-7-19)9-13-10-18-12(3)8-11(2)15-14(18)16-13/h8,10,19H,4-7,9H2,1-3H3. The molecule has 0 aliphatic heterocycles. The van der Waals surface area contributed by atoms with E-state index in [1.165, 1.54) is 0 Å². The van der Waals surface area contributed by atoms with E-state index in [9.17, 15) is 0 Å². The maximum atomic E-state index is 9.08. The number of fused-ring (bicyclic) bond motifs is 1. The van der Waals surface area contributed by atoms with Crippen LogP contribution in [0, 0.1) is 13.8 Å². The molecule has 19 heavy (non-hydrogen) atoms. The number of aliphatic hydroxyl groups is 1. The summed E-state index contributed by atoms with van der Waals surface area (Å²) in [6.07, 6.45) is 3.11. The number of hydrogen-bond acceptors (Lipinski definition) is 4. The second-order valence-electron chi connectivity index (χ2n) is 4.94. The van der Waals surface area contributed by atoms with Crippen molar-refractivity contribution in [1.29, 1.82) is 0 Å². The molecular weight excluding hydrogens is 240 g/mol. The lowest BCUT2D eigenvalue weighted by atomic mass is 10.3. The zero-order valence-corrected chi connectivity index (χ0v) is 11.9. The monoisotopic (exact) mass is 262 g/mol. The van der Waals surface area contributed by atoms with Crippen molar-refractivity contribution < 1.29 is 5.11 Å². The molecule has 2 aromatic rings. The Labute approximate surface area is 113 Å². The highest BCUT2D eigenvalue weighted by atomic mass is 16.3. The first-order valence-electron chi connectivity index (χ1n) is 6.79. The number of nitrogens with zero attached hydrogens (tertiary/aromatic N) is 4. The van der Waals surface area contributed by atoms with Crippen molar-refractivity contribution in [2.24, 2.45) is 0 Å². The van der Waals surface area contributed by atoms with E-state index in [2.05, 4.69) is 34.8 Å². The van der Waals surface area contributed by atoms with Crippen molar-refractivity contribution in [3.8, 4) is 0 Å². The van der Waals surface area contributed by atoms with Crippen molar-refractivity contribution in [3.05, 3.63) is 29.3 Å². The molecule has 0 unspecified atom stereocenters. The van der Waals surface area contributed by atoms with E-state index in [0.29, 0.717) is 6.54 Å². The van der Waals surface area contributed by atoms with Crippen molar-refractivity contribution in [3.63, 3.8) is 0 Å². The summed E-state index contributed by atoms with van der Waals surface area (Å²) in [5, 5.41) is 9.08. The molecule has 0 saturated heterocycles. The third-order valence-electron chi connectivity index (χ3n) is 3.15. The third kappa shape index (κ3) is 3.30. The smallest absolute Gasteiger partial charge is 0.234 e. The highest BCUT2D eigenvalue weighted by Gasteiger charge is 2.09. The molecule has 5 heteroatoms. The molecule has 2 aromatic heterocycles. The molecule has 0 atom stereocenters. The fourth-order valence-corrected chi connectivity index (χ4v) is 2.35. The van der Waals surface area contributed by atoms with Crippen molar-refractivity contribution >= 4 is 5.78 Å². The SMILES string of the molecule is CCCN(CCO)Cc1cn2c(C)cc(C)nc2n1. The molecule has 0 bridgehead atoms. The molecule has 0 saturated carbocycles. The van der Waals surface area contributed by atoms with E-state index in [-0.39, 0.29) is 6.61 Å². The summed E-state index contributed by atoms with van der Waals surface area (Å²) in [7, 11) is 0. The summed E-state index contributed by atoms with van der Waals surface area (Å²) in [6.45, 7) is 8.79. The molecule has 5 nitrogen and oxygen atoms in total. The van der Waals surface area contributed by atoms with Gasteiger partial charge in [-0.1, -0.05) is 6.92 Å². The Morgan fingerprint density at radius 2 is 2.05 bits per heavy atom.